The van der Waals surface area contributed by atoms with E-state index in [1.807, 2.05) is 6.08 Å². The molecule has 0 saturated carbocycles. The first-order valence-corrected chi connectivity index (χ1v) is 4.64. The average molecular weight is 185 g/mol. The molecule has 0 fully saturated rings. The summed E-state index contributed by atoms with van der Waals surface area (Å²) in [6.07, 6.45) is 5.14. The highest BCUT2D eigenvalue weighted by Crippen LogP contribution is 2.03. The van der Waals surface area contributed by atoms with E-state index in [9.17, 15) is 4.79 Å². The Hall–Kier alpha value is -0.830. The van der Waals surface area contributed by atoms with E-state index in [0.717, 1.165) is 19.3 Å². The van der Waals surface area contributed by atoms with Crippen molar-refractivity contribution >= 4 is 5.97 Å². The van der Waals surface area contributed by atoms with Gasteiger partial charge >= 0.3 is 5.97 Å². The van der Waals surface area contributed by atoms with Gasteiger partial charge < -0.3 is 4.84 Å². The Balaban J connectivity index is 3.86. The zero-order chi connectivity index (χ0) is 10.3. The van der Waals surface area contributed by atoms with Crippen molar-refractivity contribution in [3.63, 3.8) is 0 Å². The van der Waals surface area contributed by atoms with E-state index in [1.165, 1.54) is 5.06 Å². The zero-order valence-corrected chi connectivity index (χ0v) is 8.96. The van der Waals surface area contributed by atoms with Gasteiger partial charge in [-0.1, -0.05) is 25.8 Å². The third kappa shape index (κ3) is 6.34. The number of allylic oxidation sites excluding steroid dienone is 1. The number of unbranched alkanes of at least 4 members (excludes halogenated alkanes) is 2. The van der Waals surface area contributed by atoms with Crippen LogP contribution in [0, 0.1) is 0 Å². The van der Waals surface area contributed by atoms with Crippen molar-refractivity contribution in [2.45, 2.75) is 33.1 Å². The summed E-state index contributed by atoms with van der Waals surface area (Å²) < 4.78 is 0. The molecule has 0 unspecified atom stereocenters. The molecule has 76 valence electrons. The van der Waals surface area contributed by atoms with Crippen LogP contribution in [-0.4, -0.2) is 25.1 Å². The molecule has 0 radical (unpaired) electrons. The van der Waals surface area contributed by atoms with Gasteiger partial charge in [0.25, 0.3) is 0 Å². The normalized spacial score (nSPS) is 11.9. The molecule has 0 aliphatic rings. The van der Waals surface area contributed by atoms with Gasteiger partial charge in [0.2, 0.25) is 0 Å². The van der Waals surface area contributed by atoms with Gasteiger partial charge in [0, 0.05) is 19.7 Å². The third-order valence-corrected chi connectivity index (χ3v) is 1.60. The summed E-state index contributed by atoms with van der Waals surface area (Å²) in [7, 11) is 3.38. The van der Waals surface area contributed by atoms with Crippen molar-refractivity contribution in [3.8, 4) is 0 Å². The van der Waals surface area contributed by atoms with Crippen LogP contribution in [0.3, 0.4) is 0 Å². The van der Waals surface area contributed by atoms with Crippen molar-refractivity contribution in [2.24, 2.45) is 0 Å². The molecule has 0 heterocycles. The first-order valence-electron chi connectivity index (χ1n) is 4.64. The molecular formula is C10H19NO2. The highest BCUT2D eigenvalue weighted by Gasteiger charge is 2.05. The van der Waals surface area contributed by atoms with Crippen LogP contribution in [0.4, 0.5) is 0 Å². The summed E-state index contributed by atoms with van der Waals surface area (Å²) in [5, 5.41) is 1.40. The molecule has 0 aliphatic carbocycles. The van der Waals surface area contributed by atoms with Gasteiger partial charge in [-0.25, -0.2) is 4.79 Å². The Morgan fingerprint density at radius 2 is 2.08 bits per heavy atom. The number of carbonyl (C=O) groups is 1. The van der Waals surface area contributed by atoms with Gasteiger partial charge in [-0.15, -0.1) is 5.06 Å². The van der Waals surface area contributed by atoms with Crippen molar-refractivity contribution in [3.05, 3.63) is 11.6 Å². The standard InChI is InChI=1S/C10H19NO2/c1-5-6-7-8-9(2)10(12)13-11(3)4/h8H,5-7H2,1-4H3. The van der Waals surface area contributed by atoms with Gasteiger partial charge in [-0.05, 0) is 13.3 Å². The summed E-state index contributed by atoms with van der Waals surface area (Å²) in [4.78, 5) is 16.1. The largest absolute Gasteiger partial charge is 0.365 e. The third-order valence-electron chi connectivity index (χ3n) is 1.60. The van der Waals surface area contributed by atoms with E-state index in [1.54, 1.807) is 21.0 Å². The average Bonchev–Trinajstić information content (AvgIpc) is 2.03. The first kappa shape index (κ1) is 12.2. The fraction of sp³-hybridized carbons (Fsp3) is 0.700. The number of hydrogen-bond donors (Lipinski definition) is 0. The van der Waals surface area contributed by atoms with Gasteiger partial charge in [0.15, 0.2) is 0 Å². The van der Waals surface area contributed by atoms with E-state index >= 15 is 0 Å². The smallest absolute Gasteiger partial charge is 0.352 e. The minimum absolute atomic E-state index is 0.263. The molecule has 0 amide bonds. The number of carbonyl (C=O) groups excluding carboxylic acids is 1. The predicted molar refractivity (Wildman–Crippen MR) is 53.1 cm³/mol. The molecule has 0 aromatic rings. The van der Waals surface area contributed by atoms with Gasteiger partial charge in [-0.2, -0.15) is 0 Å². The van der Waals surface area contributed by atoms with Crippen LogP contribution < -0.4 is 0 Å². The summed E-state index contributed by atoms with van der Waals surface area (Å²) in [5.41, 5.74) is 0.683. The highest BCUT2D eigenvalue weighted by atomic mass is 16.7. The van der Waals surface area contributed by atoms with Gasteiger partial charge in [0.05, 0.1) is 0 Å². The number of rotatable bonds is 5. The minimum Gasteiger partial charge on any atom is -0.365 e. The van der Waals surface area contributed by atoms with Crippen LogP contribution in [0.25, 0.3) is 0 Å². The molecule has 0 N–H and O–H groups in total. The molecule has 3 nitrogen and oxygen atoms in total. The molecule has 13 heavy (non-hydrogen) atoms. The number of hydroxylamine groups is 2. The lowest BCUT2D eigenvalue weighted by Crippen LogP contribution is -2.19. The maximum absolute atomic E-state index is 11.2. The van der Waals surface area contributed by atoms with Crippen LogP contribution in [-0.2, 0) is 9.63 Å². The van der Waals surface area contributed by atoms with Crippen molar-refractivity contribution in [2.75, 3.05) is 14.1 Å². The fourth-order valence-corrected chi connectivity index (χ4v) is 0.844. The van der Waals surface area contributed by atoms with Crippen molar-refractivity contribution < 1.29 is 9.63 Å². The lowest BCUT2D eigenvalue weighted by molar-refractivity contribution is -0.172. The molecule has 0 saturated heterocycles. The minimum atomic E-state index is -0.263. The van der Waals surface area contributed by atoms with Crippen LogP contribution in [0.2, 0.25) is 0 Å². The monoisotopic (exact) mass is 185 g/mol. The Kier molecular flexibility index (Phi) is 6.24. The predicted octanol–water partition coefficient (Wildman–Crippen LogP) is 2.14. The maximum atomic E-state index is 11.2. The lowest BCUT2D eigenvalue weighted by Gasteiger charge is -2.09. The molecular weight excluding hydrogens is 166 g/mol. The van der Waals surface area contributed by atoms with Gasteiger partial charge in [0.1, 0.15) is 0 Å². The molecule has 0 atom stereocenters. The fourth-order valence-electron chi connectivity index (χ4n) is 0.844. The zero-order valence-electron chi connectivity index (χ0n) is 8.96. The van der Waals surface area contributed by atoms with E-state index < -0.39 is 0 Å². The summed E-state index contributed by atoms with van der Waals surface area (Å²) >= 11 is 0. The lowest BCUT2D eigenvalue weighted by atomic mass is 10.2. The first-order chi connectivity index (χ1) is 6.07. The van der Waals surface area contributed by atoms with Crippen LogP contribution in [0.15, 0.2) is 11.6 Å². The Morgan fingerprint density at radius 3 is 2.54 bits per heavy atom. The molecule has 0 aromatic carbocycles. The van der Waals surface area contributed by atoms with Crippen LogP contribution in [0.5, 0.6) is 0 Å². The Bertz CT molecular complexity index is 185. The van der Waals surface area contributed by atoms with Crippen molar-refractivity contribution in [1.82, 2.24) is 5.06 Å². The summed E-state index contributed by atoms with van der Waals surface area (Å²) in [6.45, 7) is 3.91. The topological polar surface area (TPSA) is 29.5 Å². The second-order valence-electron chi connectivity index (χ2n) is 3.22. The van der Waals surface area contributed by atoms with E-state index in [4.69, 9.17) is 4.84 Å². The van der Waals surface area contributed by atoms with Gasteiger partial charge in [-0.3, -0.25) is 0 Å². The summed E-state index contributed by atoms with van der Waals surface area (Å²) in [5.74, 6) is -0.263. The van der Waals surface area contributed by atoms with E-state index in [-0.39, 0.29) is 5.97 Å². The molecule has 0 rings (SSSR count). The number of hydrogen-bond acceptors (Lipinski definition) is 3. The van der Waals surface area contributed by atoms with Crippen LogP contribution >= 0.6 is 0 Å². The molecule has 0 aliphatic heterocycles. The van der Waals surface area contributed by atoms with E-state index in [2.05, 4.69) is 6.92 Å². The highest BCUT2D eigenvalue weighted by molar-refractivity contribution is 5.87. The molecule has 0 bridgehead atoms. The molecule has 0 aromatic heterocycles. The van der Waals surface area contributed by atoms with E-state index in [0.29, 0.717) is 5.57 Å². The second kappa shape index (κ2) is 6.66. The molecule has 0 spiro atoms. The summed E-state index contributed by atoms with van der Waals surface area (Å²) in [6, 6.07) is 0. The molecule has 3 heteroatoms. The van der Waals surface area contributed by atoms with Crippen molar-refractivity contribution in [1.29, 1.82) is 0 Å². The quantitative estimate of drug-likeness (QED) is 0.373. The Labute approximate surface area is 80.3 Å². The van der Waals surface area contributed by atoms with Crippen LogP contribution in [0.1, 0.15) is 33.1 Å². The maximum Gasteiger partial charge on any atom is 0.352 e. The SMILES string of the molecule is CCCCC=C(C)C(=O)ON(C)C. The Morgan fingerprint density at radius 1 is 1.46 bits per heavy atom. The number of nitrogens with zero attached hydrogens (tertiary/aromatic N) is 1. The second-order valence-corrected chi connectivity index (χ2v) is 3.22.